The highest BCUT2D eigenvalue weighted by Crippen LogP contribution is 2.08. The molecule has 0 radical (unpaired) electrons. The van der Waals surface area contributed by atoms with Gasteiger partial charge in [0.25, 0.3) is 0 Å². The largest absolute Gasteiger partial charge is 0.380 e. The molecule has 2 aromatic rings. The van der Waals surface area contributed by atoms with Gasteiger partial charge in [-0.05, 0) is 30.2 Å². The Labute approximate surface area is 135 Å². The van der Waals surface area contributed by atoms with E-state index in [2.05, 4.69) is 10.6 Å². The molecule has 23 heavy (non-hydrogen) atoms. The highest BCUT2D eigenvalue weighted by Gasteiger charge is 2.13. The number of rotatable bonds is 5. The van der Waals surface area contributed by atoms with Crippen molar-refractivity contribution in [2.45, 2.75) is 20.1 Å². The Hall–Kier alpha value is -2.66. The first-order chi connectivity index (χ1) is 11.1. The fourth-order valence-electron chi connectivity index (χ4n) is 2.01. The standard InChI is InChI=1S/C18H20N2O3/c1-13-3-9-16(10-4-13)20-18(22)17(21)19-11-14-5-7-15(8-6-14)12-23-2/h3-10H,11-12H2,1-2H3,(H,19,21)(H,20,22). The summed E-state index contributed by atoms with van der Waals surface area (Å²) in [6, 6.07) is 14.9. The molecule has 0 aromatic heterocycles. The van der Waals surface area contributed by atoms with Crippen LogP contribution in [-0.2, 0) is 27.5 Å². The summed E-state index contributed by atoms with van der Waals surface area (Å²) in [5, 5.41) is 5.16. The monoisotopic (exact) mass is 312 g/mol. The predicted molar refractivity (Wildman–Crippen MR) is 88.8 cm³/mol. The van der Waals surface area contributed by atoms with Crippen LogP contribution >= 0.6 is 0 Å². The van der Waals surface area contributed by atoms with E-state index in [-0.39, 0.29) is 0 Å². The number of amides is 2. The van der Waals surface area contributed by atoms with E-state index in [0.717, 1.165) is 16.7 Å². The fourth-order valence-corrected chi connectivity index (χ4v) is 2.01. The molecule has 0 atom stereocenters. The van der Waals surface area contributed by atoms with Crippen molar-refractivity contribution in [3.05, 3.63) is 65.2 Å². The summed E-state index contributed by atoms with van der Waals surface area (Å²) < 4.78 is 5.04. The van der Waals surface area contributed by atoms with Gasteiger partial charge in [0, 0.05) is 19.3 Å². The van der Waals surface area contributed by atoms with Crippen LogP contribution < -0.4 is 10.6 Å². The van der Waals surface area contributed by atoms with Crippen LogP contribution in [0.1, 0.15) is 16.7 Å². The second-order valence-corrected chi connectivity index (χ2v) is 5.25. The SMILES string of the molecule is COCc1ccc(CNC(=O)C(=O)Nc2ccc(C)cc2)cc1. The molecule has 5 nitrogen and oxygen atoms in total. The highest BCUT2D eigenvalue weighted by atomic mass is 16.5. The average molecular weight is 312 g/mol. The molecule has 2 N–H and O–H groups in total. The van der Waals surface area contributed by atoms with Gasteiger partial charge in [0.15, 0.2) is 0 Å². The van der Waals surface area contributed by atoms with E-state index in [1.807, 2.05) is 43.3 Å². The minimum absolute atomic E-state index is 0.299. The molecule has 0 heterocycles. The van der Waals surface area contributed by atoms with Crippen LogP contribution in [0.25, 0.3) is 0 Å². The molecule has 2 rings (SSSR count). The zero-order valence-corrected chi connectivity index (χ0v) is 13.3. The summed E-state index contributed by atoms with van der Waals surface area (Å²) in [4.78, 5) is 23.6. The molecular weight excluding hydrogens is 292 g/mol. The Kier molecular flexibility index (Phi) is 5.88. The molecular formula is C18H20N2O3. The molecule has 120 valence electrons. The highest BCUT2D eigenvalue weighted by molar-refractivity contribution is 6.39. The van der Waals surface area contributed by atoms with Crippen molar-refractivity contribution < 1.29 is 14.3 Å². The molecule has 2 aromatic carbocycles. The Morgan fingerprint density at radius 3 is 2.13 bits per heavy atom. The first kappa shape index (κ1) is 16.7. The molecule has 0 fully saturated rings. The molecule has 0 aliphatic heterocycles. The van der Waals surface area contributed by atoms with E-state index >= 15 is 0 Å². The zero-order chi connectivity index (χ0) is 16.7. The van der Waals surface area contributed by atoms with Gasteiger partial charge in [-0.1, -0.05) is 42.0 Å². The molecule has 0 spiro atoms. The topological polar surface area (TPSA) is 67.4 Å². The number of carbonyl (C=O) groups is 2. The number of methoxy groups -OCH3 is 1. The van der Waals surface area contributed by atoms with Crippen molar-refractivity contribution in [1.29, 1.82) is 0 Å². The number of nitrogens with one attached hydrogen (secondary N) is 2. The van der Waals surface area contributed by atoms with Crippen molar-refractivity contribution in [1.82, 2.24) is 5.32 Å². The van der Waals surface area contributed by atoms with Gasteiger partial charge in [-0.3, -0.25) is 9.59 Å². The molecule has 0 saturated carbocycles. The molecule has 0 aliphatic rings. The minimum Gasteiger partial charge on any atom is -0.380 e. The van der Waals surface area contributed by atoms with E-state index < -0.39 is 11.8 Å². The average Bonchev–Trinajstić information content (AvgIpc) is 2.56. The number of anilines is 1. The van der Waals surface area contributed by atoms with Gasteiger partial charge in [-0.2, -0.15) is 0 Å². The van der Waals surface area contributed by atoms with Crippen LogP contribution in [0.2, 0.25) is 0 Å². The summed E-state index contributed by atoms with van der Waals surface area (Å²) >= 11 is 0. The molecule has 0 unspecified atom stereocenters. The Balaban J connectivity index is 1.83. The number of benzene rings is 2. The summed E-state index contributed by atoms with van der Waals surface area (Å²) in [7, 11) is 1.64. The normalized spacial score (nSPS) is 10.2. The second kappa shape index (κ2) is 8.10. The minimum atomic E-state index is -0.676. The van der Waals surface area contributed by atoms with Crippen LogP contribution in [0, 0.1) is 6.92 Å². The molecule has 0 saturated heterocycles. The molecule has 5 heteroatoms. The lowest BCUT2D eigenvalue weighted by atomic mass is 10.1. The second-order valence-electron chi connectivity index (χ2n) is 5.25. The number of aryl methyl sites for hydroxylation is 1. The van der Waals surface area contributed by atoms with Crippen LogP contribution in [0.3, 0.4) is 0 Å². The van der Waals surface area contributed by atoms with Gasteiger partial charge in [0.05, 0.1) is 6.61 Å². The first-order valence-corrected chi connectivity index (χ1v) is 7.31. The maximum atomic E-state index is 11.8. The van der Waals surface area contributed by atoms with Crippen LogP contribution in [0.4, 0.5) is 5.69 Å². The van der Waals surface area contributed by atoms with E-state index in [9.17, 15) is 9.59 Å². The van der Waals surface area contributed by atoms with Crippen LogP contribution in [0.5, 0.6) is 0 Å². The van der Waals surface area contributed by atoms with Gasteiger partial charge >= 0.3 is 11.8 Å². The van der Waals surface area contributed by atoms with Crippen molar-refractivity contribution >= 4 is 17.5 Å². The number of carbonyl (C=O) groups excluding carboxylic acids is 2. The summed E-state index contributed by atoms with van der Waals surface area (Å²) in [6.07, 6.45) is 0. The lowest BCUT2D eigenvalue weighted by Crippen LogP contribution is -2.34. The van der Waals surface area contributed by atoms with E-state index in [1.54, 1.807) is 19.2 Å². The smallest absolute Gasteiger partial charge is 0.313 e. The van der Waals surface area contributed by atoms with Crippen molar-refractivity contribution in [2.75, 3.05) is 12.4 Å². The van der Waals surface area contributed by atoms with Gasteiger partial charge in [0.2, 0.25) is 0 Å². The maximum Gasteiger partial charge on any atom is 0.313 e. The summed E-state index contributed by atoms with van der Waals surface area (Å²) in [5.74, 6) is -1.34. The first-order valence-electron chi connectivity index (χ1n) is 7.31. The number of hydrogen-bond donors (Lipinski definition) is 2. The van der Waals surface area contributed by atoms with Crippen molar-refractivity contribution in [3.8, 4) is 0 Å². The Bertz CT molecular complexity index is 664. The quantitative estimate of drug-likeness (QED) is 0.833. The van der Waals surface area contributed by atoms with E-state index in [1.165, 1.54) is 0 Å². The Morgan fingerprint density at radius 2 is 1.52 bits per heavy atom. The van der Waals surface area contributed by atoms with Gasteiger partial charge < -0.3 is 15.4 Å². The third-order valence-electron chi connectivity index (χ3n) is 3.30. The number of ether oxygens (including phenoxy) is 1. The third-order valence-corrected chi connectivity index (χ3v) is 3.30. The fraction of sp³-hybridized carbons (Fsp3) is 0.222. The van der Waals surface area contributed by atoms with Gasteiger partial charge in [-0.25, -0.2) is 0 Å². The van der Waals surface area contributed by atoms with E-state index in [0.29, 0.717) is 18.8 Å². The van der Waals surface area contributed by atoms with Gasteiger partial charge in [-0.15, -0.1) is 0 Å². The van der Waals surface area contributed by atoms with E-state index in [4.69, 9.17) is 4.74 Å². The predicted octanol–water partition coefficient (Wildman–Crippen LogP) is 2.40. The third kappa shape index (κ3) is 5.23. The lowest BCUT2D eigenvalue weighted by molar-refractivity contribution is -0.136. The van der Waals surface area contributed by atoms with Crippen molar-refractivity contribution in [2.24, 2.45) is 0 Å². The maximum absolute atomic E-state index is 11.8. The Morgan fingerprint density at radius 1 is 0.913 bits per heavy atom. The van der Waals surface area contributed by atoms with Crippen LogP contribution in [-0.4, -0.2) is 18.9 Å². The summed E-state index contributed by atoms with van der Waals surface area (Å²) in [6.45, 7) is 2.80. The molecule has 2 amide bonds. The summed E-state index contributed by atoms with van der Waals surface area (Å²) in [5.41, 5.74) is 3.66. The van der Waals surface area contributed by atoms with Crippen molar-refractivity contribution in [3.63, 3.8) is 0 Å². The molecule has 0 bridgehead atoms. The lowest BCUT2D eigenvalue weighted by Gasteiger charge is -2.07. The van der Waals surface area contributed by atoms with Crippen LogP contribution in [0.15, 0.2) is 48.5 Å². The number of hydrogen-bond acceptors (Lipinski definition) is 3. The zero-order valence-electron chi connectivity index (χ0n) is 13.3. The van der Waals surface area contributed by atoms with Gasteiger partial charge in [0.1, 0.15) is 0 Å². The molecule has 0 aliphatic carbocycles.